The van der Waals surface area contributed by atoms with Crippen LogP contribution in [-0.2, 0) is 14.9 Å². The van der Waals surface area contributed by atoms with Crippen molar-refractivity contribution >= 4 is 18.2 Å². The van der Waals surface area contributed by atoms with Gasteiger partial charge in [0.1, 0.15) is 6.04 Å². The van der Waals surface area contributed by atoms with Gasteiger partial charge in [0.15, 0.2) is 0 Å². The van der Waals surface area contributed by atoms with Crippen LogP contribution < -0.4 is 10.6 Å². The molecule has 2 N–H and O–H groups in total. The van der Waals surface area contributed by atoms with Crippen LogP contribution in [0.25, 0.3) is 0 Å². The molecule has 0 spiro atoms. The van der Waals surface area contributed by atoms with Crippen molar-refractivity contribution in [1.29, 1.82) is 0 Å². The number of carbonyl (C=O) groups excluding carboxylic acids is 2. The number of amides is 3. The second-order valence-electron chi connectivity index (χ2n) is 12.1. The van der Waals surface area contributed by atoms with Crippen molar-refractivity contribution < 1.29 is 14.3 Å². The molecule has 2 aliphatic heterocycles. The van der Waals surface area contributed by atoms with E-state index in [1.165, 1.54) is 24.8 Å². The van der Waals surface area contributed by atoms with E-state index in [-0.39, 0.29) is 17.4 Å². The quantitative estimate of drug-likeness (QED) is 0.483. The van der Waals surface area contributed by atoms with Gasteiger partial charge in [-0.25, -0.2) is 4.79 Å². The summed E-state index contributed by atoms with van der Waals surface area (Å²) in [5.74, 6) is 0.369. The van der Waals surface area contributed by atoms with Crippen LogP contribution in [0.4, 0.5) is 4.79 Å². The Bertz CT molecular complexity index is 940. The fraction of sp³-hybridized carbons (Fsp3) is 0.700. The largest absolute Gasteiger partial charge is 0.378 e. The van der Waals surface area contributed by atoms with Gasteiger partial charge in [0.2, 0.25) is 5.91 Å². The molecule has 2 atom stereocenters. The lowest BCUT2D eigenvalue weighted by Gasteiger charge is -2.34. The van der Waals surface area contributed by atoms with Crippen LogP contribution in [0.1, 0.15) is 64.4 Å². The van der Waals surface area contributed by atoms with Gasteiger partial charge in [0.25, 0.3) is 0 Å². The van der Waals surface area contributed by atoms with Gasteiger partial charge in [-0.1, -0.05) is 76.3 Å². The number of hydrogen-bond acceptors (Lipinski definition) is 5. The van der Waals surface area contributed by atoms with Crippen molar-refractivity contribution in [1.82, 2.24) is 20.4 Å². The molecular weight excluding hydrogens is 478 g/mol. The minimum Gasteiger partial charge on any atom is -0.378 e. The fourth-order valence-electron chi connectivity index (χ4n) is 6.40. The van der Waals surface area contributed by atoms with Gasteiger partial charge in [-0.2, -0.15) is 0 Å². The van der Waals surface area contributed by atoms with Gasteiger partial charge in [-0.05, 0) is 24.3 Å². The normalized spacial score (nSPS) is 24.4. The third kappa shape index (κ3) is 7.56. The maximum absolute atomic E-state index is 13.8. The summed E-state index contributed by atoms with van der Waals surface area (Å²) in [4.78, 5) is 35.5. The molecule has 3 fully saturated rings. The molecular formula is C30H47N5O3. The van der Waals surface area contributed by atoms with Crippen LogP contribution in [0, 0.1) is 5.92 Å². The van der Waals surface area contributed by atoms with Crippen LogP contribution in [0.5, 0.6) is 0 Å². The number of ether oxygens (including phenoxy) is 1. The summed E-state index contributed by atoms with van der Waals surface area (Å²) < 4.78 is 5.41. The number of carbonyl (C=O) groups is 2. The first kappa shape index (κ1) is 28.6. The molecule has 4 rings (SSSR count). The molecule has 3 aliphatic rings. The maximum Gasteiger partial charge on any atom is 0.318 e. The number of nitrogens with one attached hydrogen (secondary N) is 2. The van der Waals surface area contributed by atoms with Crippen molar-refractivity contribution in [3.63, 3.8) is 0 Å². The van der Waals surface area contributed by atoms with Crippen LogP contribution in [0.2, 0.25) is 0 Å². The molecule has 3 amide bonds. The highest BCUT2D eigenvalue weighted by Crippen LogP contribution is 2.30. The molecule has 0 radical (unpaired) electrons. The van der Waals surface area contributed by atoms with Crippen molar-refractivity contribution in [2.24, 2.45) is 10.9 Å². The molecule has 1 aromatic rings. The zero-order valence-electron chi connectivity index (χ0n) is 23.6. The zero-order valence-corrected chi connectivity index (χ0v) is 23.6. The van der Waals surface area contributed by atoms with Gasteiger partial charge >= 0.3 is 6.03 Å². The molecule has 1 saturated carbocycles. The Morgan fingerprint density at radius 1 is 1.13 bits per heavy atom. The van der Waals surface area contributed by atoms with E-state index in [4.69, 9.17) is 4.74 Å². The molecule has 0 bridgehead atoms. The topological polar surface area (TPSA) is 86.3 Å². The lowest BCUT2D eigenvalue weighted by molar-refractivity contribution is -0.124. The second kappa shape index (κ2) is 13.1. The molecule has 38 heavy (non-hydrogen) atoms. The third-order valence-corrected chi connectivity index (χ3v) is 8.51. The van der Waals surface area contributed by atoms with E-state index in [1.54, 1.807) is 11.9 Å². The Labute approximate surface area is 228 Å². The molecule has 0 aromatic heterocycles. The minimum atomic E-state index is -0.551. The van der Waals surface area contributed by atoms with Gasteiger partial charge in [0, 0.05) is 51.4 Å². The Kier molecular flexibility index (Phi) is 9.82. The number of benzene rings is 1. The summed E-state index contributed by atoms with van der Waals surface area (Å²) in [6.45, 7) is 9.23. The highest BCUT2D eigenvalue weighted by molar-refractivity contribution is 5.90. The zero-order chi connectivity index (χ0) is 27.0. The van der Waals surface area contributed by atoms with Gasteiger partial charge < -0.3 is 20.3 Å². The summed E-state index contributed by atoms with van der Waals surface area (Å²) in [7, 11) is 1.77. The number of rotatable bonds is 9. The van der Waals surface area contributed by atoms with Crippen LogP contribution in [-0.4, -0.2) is 92.5 Å². The van der Waals surface area contributed by atoms with Crippen molar-refractivity contribution in [3.8, 4) is 0 Å². The van der Waals surface area contributed by atoms with Crippen LogP contribution in [0.3, 0.4) is 0 Å². The first-order valence-corrected chi connectivity index (χ1v) is 14.5. The highest BCUT2D eigenvalue weighted by atomic mass is 16.5. The molecule has 1 aromatic carbocycles. The average Bonchev–Trinajstić information content (AvgIpc) is 3.31. The molecule has 8 nitrogen and oxygen atoms in total. The van der Waals surface area contributed by atoms with E-state index in [1.807, 2.05) is 6.21 Å². The van der Waals surface area contributed by atoms with Crippen molar-refractivity contribution in [3.05, 3.63) is 35.9 Å². The second-order valence-corrected chi connectivity index (χ2v) is 12.1. The lowest BCUT2D eigenvalue weighted by Crippen LogP contribution is -2.59. The van der Waals surface area contributed by atoms with Gasteiger partial charge in [-0.15, -0.1) is 0 Å². The van der Waals surface area contributed by atoms with E-state index < -0.39 is 11.6 Å². The predicted octanol–water partition coefficient (Wildman–Crippen LogP) is 3.61. The summed E-state index contributed by atoms with van der Waals surface area (Å²) >= 11 is 0. The Morgan fingerprint density at radius 2 is 1.84 bits per heavy atom. The number of likely N-dealkylation sites (tertiary alicyclic amines) is 1. The Balaban J connectivity index is 1.44. The summed E-state index contributed by atoms with van der Waals surface area (Å²) in [5.41, 5.74) is 0.761. The van der Waals surface area contributed by atoms with E-state index in [2.05, 4.69) is 64.7 Å². The summed E-state index contributed by atoms with van der Waals surface area (Å²) in [6.07, 6.45) is 9.31. The first-order chi connectivity index (χ1) is 18.3. The number of aliphatic imine (C=N–C) groups is 1. The Morgan fingerprint density at radius 3 is 2.53 bits per heavy atom. The standard InChI is InChI=1S/C30H47N5O3/c1-29(2,25-12-8-5-9-13-25)22-34-15-14-30(23-34,21-31-3)33-27(36)26(20-24-10-6-4-7-11-24)32-28(37)35-16-18-38-19-17-35/h5,8-9,12-13,21,24,26H,4,6-7,10-11,14-20,22-23H2,1-3H3,(H,32,37)(H,33,36)/t26-,30+/m0/s1. The molecule has 0 unspecified atom stereocenters. The highest BCUT2D eigenvalue weighted by Gasteiger charge is 2.41. The lowest BCUT2D eigenvalue weighted by atomic mass is 9.84. The maximum atomic E-state index is 13.8. The average molecular weight is 526 g/mol. The molecule has 1 aliphatic carbocycles. The third-order valence-electron chi connectivity index (χ3n) is 8.51. The summed E-state index contributed by atoms with van der Waals surface area (Å²) in [5, 5.41) is 6.46. The van der Waals surface area contributed by atoms with Gasteiger partial charge in [0.05, 0.1) is 18.8 Å². The SMILES string of the molecule is CN=C[C@]1(NC(=O)[C@H](CC2CCCCC2)NC(=O)N2CCOCC2)CCN(CC(C)(C)c2ccccc2)C1. The van der Waals surface area contributed by atoms with E-state index in [0.717, 1.165) is 32.4 Å². The van der Waals surface area contributed by atoms with E-state index in [9.17, 15) is 9.59 Å². The Hall–Kier alpha value is -2.45. The number of nitrogens with zero attached hydrogens (tertiary/aromatic N) is 3. The van der Waals surface area contributed by atoms with Crippen molar-refractivity contribution in [2.45, 2.75) is 75.8 Å². The minimum absolute atomic E-state index is 0.0135. The number of urea groups is 1. The van der Waals surface area contributed by atoms with E-state index in [0.29, 0.717) is 45.2 Å². The van der Waals surface area contributed by atoms with Crippen LogP contribution >= 0.6 is 0 Å². The van der Waals surface area contributed by atoms with E-state index >= 15 is 0 Å². The molecule has 2 heterocycles. The monoisotopic (exact) mass is 525 g/mol. The first-order valence-electron chi connectivity index (χ1n) is 14.5. The van der Waals surface area contributed by atoms with Gasteiger partial charge in [-0.3, -0.25) is 14.7 Å². The predicted molar refractivity (Wildman–Crippen MR) is 152 cm³/mol. The smallest absolute Gasteiger partial charge is 0.318 e. The number of morpholine rings is 1. The summed E-state index contributed by atoms with van der Waals surface area (Å²) in [6, 6.07) is 9.89. The molecule has 210 valence electrons. The van der Waals surface area contributed by atoms with Crippen molar-refractivity contribution in [2.75, 3.05) is 53.0 Å². The fourth-order valence-corrected chi connectivity index (χ4v) is 6.40. The van der Waals surface area contributed by atoms with Crippen LogP contribution in [0.15, 0.2) is 35.3 Å². The molecule has 8 heteroatoms. The molecule has 2 saturated heterocycles. The number of hydrogen-bond donors (Lipinski definition) is 2.